The van der Waals surface area contributed by atoms with Crippen molar-refractivity contribution in [1.29, 1.82) is 0 Å². The zero-order chi connectivity index (χ0) is 19.9. The minimum Gasteiger partial charge on any atom is -0.352 e. The van der Waals surface area contributed by atoms with Crippen molar-refractivity contribution in [2.45, 2.75) is 70.7 Å². The van der Waals surface area contributed by atoms with Crippen LogP contribution in [0.4, 0.5) is 0 Å². The number of nitrogens with two attached hydrogens (primary N) is 1. The summed E-state index contributed by atoms with van der Waals surface area (Å²) in [5.41, 5.74) is 7.43. The van der Waals surface area contributed by atoms with Crippen LogP contribution in [0.2, 0.25) is 0 Å². The molecule has 0 radical (unpaired) electrons. The number of hydrogen-bond acceptors (Lipinski definition) is 4. The summed E-state index contributed by atoms with van der Waals surface area (Å²) in [5, 5.41) is 2.96. The molecule has 0 saturated heterocycles. The van der Waals surface area contributed by atoms with Gasteiger partial charge in [0.25, 0.3) is 0 Å². The van der Waals surface area contributed by atoms with Crippen molar-refractivity contribution in [3.05, 3.63) is 35.4 Å². The lowest BCUT2D eigenvalue weighted by atomic mass is 9.71. The number of carbonyl (C=O) groups excluding carboxylic acids is 1. The molecule has 1 aliphatic carbocycles. The van der Waals surface area contributed by atoms with Crippen LogP contribution in [0.5, 0.6) is 0 Å². The van der Waals surface area contributed by atoms with E-state index in [4.69, 9.17) is 5.73 Å². The van der Waals surface area contributed by atoms with Gasteiger partial charge in [-0.15, -0.1) is 0 Å². The predicted octanol–water partition coefficient (Wildman–Crippen LogP) is 2.43. The van der Waals surface area contributed by atoms with Gasteiger partial charge in [0.1, 0.15) is 0 Å². The van der Waals surface area contributed by atoms with Crippen LogP contribution < -0.4 is 15.8 Å². The second-order valence-corrected chi connectivity index (χ2v) is 9.77. The van der Waals surface area contributed by atoms with Crippen molar-refractivity contribution in [2.24, 2.45) is 11.1 Å². The molecule has 0 spiro atoms. The first-order chi connectivity index (χ1) is 12.8. The highest BCUT2D eigenvalue weighted by molar-refractivity contribution is 7.88. The molecule has 2 rings (SSSR count). The van der Waals surface area contributed by atoms with E-state index in [2.05, 4.69) is 10.0 Å². The Labute approximate surface area is 163 Å². The zero-order valence-corrected chi connectivity index (χ0v) is 17.3. The molecule has 1 aromatic carbocycles. The molecular weight excluding hydrogens is 362 g/mol. The minimum absolute atomic E-state index is 0.0136. The molecule has 1 aromatic rings. The summed E-state index contributed by atoms with van der Waals surface area (Å²) in [5.74, 6) is -0.107. The highest BCUT2D eigenvalue weighted by Gasteiger charge is 2.32. The fraction of sp³-hybridized carbons (Fsp3) is 0.650. The first kappa shape index (κ1) is 21.9. The number of amides is 1. The standard InChI is InChI=1S/C20H33N3O3S/c1-16(2)23-27(25,26)14-18-9-5-4-8-17(18)13-22-19(24)12-20(15-21)10-6-3-7-11-20/h4-5,8-9,16,23H,3,6-7,10-15,21H2,1-2H3,(H,22,24). The van der Waals surface area contributed by atoms with E-state index in [1.807, 2.05) is 18.2 Å². The lowest BCUT2D eigenvalue weighted by Crippen LogP contribution is -2.38. The number of benzene rings is 1. The van der Waals surface area contributed by atoms with Crippen molar-refractivity contribution in [1.82, 2.24) is 10.0 Å². The topological polar surface area (TPSA) is 101 Å². The van der Waals surface area contributed by atoms with E-state index in [0.717, 1.165) is 31.2 Å². The third-order valence-electron chi connectivity index (χ3n) is 5.24. The maximum Gasteiger partial charge on any atom is 0.220 e. The predicted molar refractivity (Wildman–Crippen MR) is 108 cm³/mol. The summed E-state index contributed by atoms with van der Waals surface area (Å²) in [6, 6.07) is 7.18. The van der Waals surface area contributed by atoms with Gasteiger partial charge in [-0.05, 0) is 49.8 Å². The Morgan fingerprint density at radius 1 is 1.15 bits per heavy atom. The van der Waals surface area contributed by atoms with Gasteiger partial charge in [-0.2, -0.15) is 0 Å². The molecule has 27 heavy (non-hydrogen) atoms. The van der Waals surface area contributed by atoms with Gasteiger partial charge in [-0.1, -0.05) is 43.5 Å². The van der Waals surface area contributed by atoms with Crippen LogP contribution in [-0.2, 0) is 27.1 Å². The zero-order valence-electron chi connectivity index (χ0n) is 16.5. The molecule has 1 amide bonds. The highest BCUT2D eigenvalue weighted by atomic mass is 32.2. The molecular formula is C20H33N3O3S. The lowest BCUT2D eigenvalue weighted by Gasteiger charge is -2.35. The normalized spacial score (nSPS) is 17.0. The molecule has 0 bridgehead atoms. The Hall–Kier alpha value is -1.44. The minimum atomic E-state index is -3.41. The van der Waals surface area contributed by atoms with Gasteiger partial charge in [-0.25, -0.2) is 13.1 Å². The summed E-state index contributed by atoms with van der Waals surface area (Å²) in [6.07, 6.45) is 5.94. The largest absolute Gasteiger partial charge is 0.352 e. The van der Waals surface area contributed by atoms with Crippen LogP contribution in [0.3, 0.4) is 0 Å². The van der Waals surface area contributed by atoms with E-state index in [1.54, 1.807) is 19.9 Å². The number of sulfonamides is 1. The lowest BCUT2D eigenvalue weighted by molar-refractivity contribution is -0.124. The van der Waals surface area contributed by atoms with Gasteiger partial charge < -0.3 is 11.1 Å². The maximum atomic E-state index is 12.5. The Morgan fingerprint density at radius 2 is 1.78 bits per heavy atom. The first-order valence-electron chi connectivity index (χ1n) is 9.79. The van der Waals surface area contributed by atoms with Crippen LogP contribution >= 0.6 is 0 Å². The molecule has 0 atom stereocenters. The third kappa shape index (κ3) is 6.90. The van der Waals surface area contributed by atoms with Crippen LogP contribution in [-0.4, -0.2) is 26.9 Å². The van der Waals surface area contributed by atoms with E-state index >= 15 is 0 Å². The van der Waals surface area contributed by atoms with Crippen molar-refractivity contribution < 1.29 is 13.2 Å². The number of nitrogens with one attached hydrogen (secondary N) is 2. The van der Waals surface area contributed by atoms with E-state index in [1.165, 1.54) is 6.42 Å². The SMILES string of the molecule is CC(C)NS(=O)(=O)Cc1ccccc1CNC(=O)CC1(CN)CCCCC1. The van der Waals surface area contributed by atoms with Crippen molar-refractivity contribution in [3.63, 3.8) is 0 Å². The summed E-state index contributed by atoms with van der Waals surface area (Å²) < 4.78 is 27.1. The Bertz CT molecular complexity index is 726. The molecule has 6 nitrogen and oxygen atoms in total. The average molecular weight is 396 g/mol. The number of rotatable bonds is 9. The van der Waals surface area contributed by atoms with Crippen LogP contribution in [0.1, 0.15) is 63.5 Å². The Morgan fingerprint density at radius 3 is 2.37 bits per heavy atom. The van der Waals surface area contributed by atoms with Gasteiger partial charge in [0, 0.05) is 19.0 Å². The summed E-state index contributed by atoms with van der Waals surface area (Å²) in [6.45, 7) is 4.45. The molecule has 0 aliphatic heterocycles. The molecule has 0 unspecified atom stereocenters. The smallest absolute Gasteiger partial charge is 0.220 e. The van der Waals surface area contributed by atoms with Gasteiger partial charge >= 0.3 is 0 Å². The average Bonchev–Trinajstić information content (AvgIpc) is 2.60. The van der Waals surface area contributed by atoms with E-state index in [-0.39, 0.29) is 23.1 Å². The molecule has 152 valence electrons. The molecule has 0 heterocycles. The van der Waals surface area contributed by atoms with E-state index in [0.29, 0.717) is 25.1 Å². The summed E-state index contributed by atoms with van der Waals surface area (Å²) in [4.78, 5) is 12.5. The number of hydrogen-bond donors (Lipinski definition) is 3. The second kappa shape index (κ2) is 9.66. The highest BCUT2D eigenvalue weighted by Crippen LogP contribution is 2.38. The molecule has 0 aromatic heterocycles. The third-order valence-corrected chi connectivity index (χ3v) is 6.76. The molecule has 1 aliphatic rings. The fourth-order valence-electron chi connectivity index (χ4n) is 3.83. The summed E-state index contributed by atoms with van der Waals surface area (Å²) in [7, 11) is -3.41. The Kier molecular flexibility index (Phi) is 7.82. The van der Waals surface area contributed by atoms with Crippen molar-refractivity contribution in [3.8, 4) is 0 Å². The van der Waals surface area contributed by atoms with Gasteiger partial charge in [0.2, 0.25) is 15.9 Å². The van der Waals surface area contributed by atoms with Gasteiger partial charge in [-0.3, -0.25) is 4.79 Å². The number of carbonyl (C=O) groups is 1. The second-order valence-electron chi connectivity index (χ2n) is 8.02. The van der Waals surface area contributed by atoms with Crippen molar-refractivity contribution >= 4 is 15.9 Å². The fourth-order valence-corrected chi connectivity index (χ4v) is 5.32. The van der Waals surface area contributed by atoms with Gasteiger partial charge in [0.15, 0.2) is 0 Å². The molecule has 1 fully saturated rings. The first-order valence-corrected chi connectivity index (χ1v) is 11.4. The van der Waals surface area contributed by atoms with E-state index in [9.17, 15) is 13.2 Å². The molecule has 4 N–H and O–H groups in total. The maximum absolute atomic E-state index is 12.5. The van der Waals surface area contributed by atoms with Gasteiger partial charge in [0.05, 0.1) is 5.75 Å². The quantitative estimate of drug-likeness (QED) is 0.598. The Balaban J connectivity index is 1.98. The van der Waals surface area contributed by atoms with E-state index < -0.39 is 10.0 Å². The summed E-state index contributed by atoms with van der Waals surface area (Å²) >= 11 is 0. The monoisotopic (exact) mass is 395 g/mol. The van der Waals surface area contributed by atoms with Crippen LogP contribution in [0, 0.1) is 5.41 Å². The molecule has 7 heteroatoms. The molecule has 1 saturated carbocycles. The van der Waals surface area contributed by atoms with Crippen molar-refractivity contribution in [2.75, 3.05) is 6.54 Å². The van der Waals surface area contributed by atoms with Crippen LogP contribution in [0.15, 0.2) is 24.3 Å². The van der Waals surface area contributed by atoms with Crippen LogP contribution in [0.25, 0.3) is 0 Å².